The van der Waals surface area contributed by atoms with Gasteiger partial charge >= 0.3 is 0 Å². The van der Waals surface area contributed by atoms with Crippen molar-refractivity contribution in [2.24, 2.45) is 5.73 Å². The zero-order valence-electron chi connectivity index (χ0n) is 12.4. The molecule has 1 atom stereocenters. The standard InChI is InChI=1S/C17H16ClN3O2/c18-12-5-11(7-20-8-12)17(23)21-16-4-1-10-6-13(19)2-3-14(10)15(16)9-22/h1,4-5,7-9,13H,2-3,6,19H2,(H,21,23)/t13-/m0/s1. The molecule has 0 aliphatic heterocycles. The van der Waals surface area contributed by atoms with Crippen molar-refractivity contribution in [1.29, 1.82) is 0 Å². The van der Waals surface area contributed by atoms with Crippen LogP contribution >= 0.6 is 11.6 Å². The van der Waals surface area contributed by atoms with Crippen molar-refractivity contribution in [3.8, 4) is 0 Å². The van der Waals surface area contributed by atoms with Crippen LogP contribution in [0, 0.1) is 0 Å². The zero-order chi connectivity index (χ0) is 16.4. The van der Waals surface area contributed by atoms with E-state index >= 15 is 0 Å². The first kappa shape index (κ1) is 15.6. The summed E-state index contributed by atoms with van der Waals surface area (Å²) in [7, 11) is 0. The third-order valence-corrected chi connectivity index (χ3v) is 4.24. The van der Waals surface area contributed by atoms with Gasteiger partial charge < -0.3 is 11.1 Å². The van der Waals surface area contributed by atoms with Crippen LogP contribution in [0.5, 0.6) is 0 Å². The van der Waals surface area contributed by atoms with Crippen LogP contribution in [0.4, 0.5) is 5.69 Å². The van der Waals surface area contributed by atoms with E-state index in [1.54, 1.807) is 6.07 Å². The van der Waals surface area contributed by atoms with Crippen molar-refractivity contribution < 1.29 is 9.59 Å². The number of halogens is 1. The molecule has 0 radical (unpaired) electrons. The Hall–Kier alpha value is -2.24. The lowest BCUT2D eigenvalue weighted by Crippen LogP contribution is -2.28. The van der Waals surface area contributed by atoms with Crippen molar-refractivity contribution in [3.63, 3.8) is 0 Å². The highest BCUT2D eigenvalue weighted by Gasteiger charge is 2.21. The number of carbonyl (C=O) groups excluding carboxylic acids is 2. The second-order valence-corrected chi connectivity index (χ2v) is 6.07. The first-order valence-electron chi connectivity index (χ1n) is 7.36. The van der Waals surface area contributed by atoms with Crippen LogP contribution in [0.15, 0.2) is 30.6 Å². The smallest absolute Gasteiger partial charge is 0.257 e. The van der Waals surface area contributed by atoms with Crippen molar-refractivity contribution in [1.82, 2.24) is 4.98 Å². The third-order valence-electron chi connectivity index (χ3n) is 4.03. The summed E-state index contributed by atoms with van der Waals surface area (Å²) in [5.41, 5.74) is 9.39. The van der Waals surface area contributed by atoms with Gasteiger partial charge in [0.2, 0.25) is 0 Å². The minimum absolute atomic E-state index is 0.125. The summed E-state index contributed by atoms with van der Waals surface area (Å²) in [5.74, 6) is -0.351. The van der Waals surface area contributed by atoms with Gasteiger partial charge in [-0.15, -0.1) is 0 Å². The van der Waals surface area contributed by atoms with Gasteiger partial charge in [-0.25, -0.2) is 0 Å². The van der Waals surface area contributed by atoms with Gasteiger partial charge in [0, 0.05) is 24.0 Å². The number of rotatable bonds is 3. The van der Waals surface area contributed by atoms with Crippen molar-refractivity contribution >= 4 is 29.5 Å². The molecule has 1 heterocycles. The molecule has 1 amide bonds. The Balaban J connectivity index is 1.91. The molecule has 3 rings (SSSR count). The van der Waals surface area contributed by atoms with Crippen molar-refractivity contribution in [2.75, 3.05) is 5.32 Å². The second-order valence-electron chi connectivity index (χ2n) is 5.63. The van der Waals surface area contributed by atoms with E-state index in [9.17, 15) is 9.59 Å². The maximum absolute atomic E-state index is 12.3. The number of aldehydes is 1. The largest absolute Gasteiger partial charge is 0.327 e. The molecule has 3 N–H and O–H groups in total. The van der Waals surface area contributed by atoms with Crippen LogP contribution in [0.3, 0.4) is 0 Å². The first-order valence-corrected chi connectivity index (χ1v) is 7.73. The van der Waals surface area contributed by atoms with Gasteiger partial charge in [0.05, 0.1) is 16.3 Å². The van der Waals surface area contributed by atoms with Gasteiger partial charge in [-0.1, -0.05) is 17.7 Å². The number of nitrogens with zero attached hydrogens (tertiary/aromatic N) is 1. The number of nitrogens with one attached hydrogen (secondary N) is 1. The van der Waals surface area contributed by atoms with Crippen LogP contribution in [0.25, 0.3) is 0 Å². The molecule has 0 spiro atoms. The van der Waals surface area contributed by atoms with Gasteiger partial charge in [0.15, 0.2) is 6.29 Å². The molecule has 118 valence electrons. The molecule has 5 nitrogen and oxygen atoms in total. The molecule has 0 fully saturated rings. The topological polar surface area (TPSA) is 85.1 Å². The predicted octanol–water partition coefficient (Wildman–Crippen LogP) is 2.62. The third kappa shape index (κ3) is 3.25. The Morgan fingerprint density at radius 1 is 1.39 bits per heavy atom. The number of benzene rings is 1. The molecule has 0 saturated heterocycles. The van der Waals surface area contributed by atoms with Crippen LogP contribution in [-0.2, 0) is 12.8 Å². The minimum atomic E-state index is -0.351. The number of amides is 1. The maximum Gasteiger partial charge on any atom is 0.257 e. The van der Waals surface area contributed by atoms with Crippen molar-refractivity contribution in [2.45, 2.75) is 25.3 Å². The Morgan fingerprint density at radius 3 is 2.96 bits per heavy atom. The molecule has 23 heavy (non-hydrogen) atoms. The molecule has 6 heteroatoms. The summed E-state index contributed by atoms with van der Waals surface area (Å²) in [6, 6.07) is 5.32. The number of pyridine rings is 1. The second kappa shape index (κ2) is 6.48. The predicted molar refractivity (Wildman–Crippen MR) is 89.0 cm³/mol. The van der Waals surface area contributed by atoms with E-state index in [-0.39, 0.29) is 11.9 Å². The number of hydrogen-bond donors (Lipinski definition) is 2. The summed E-state index contributed by atoms with van der Waals surface area (Å²) >= 11 is 5.85. The normalized spacial score (nSPS) is 16.5. The minimum Gasteiger partial charge on any atom is -0.327 e. The highest BCUT2D eigenvalue weighted by Crippen LogP contribution is 2.28. The average Bonchev–Trinajstić information content (AvgIpc) is 2.54. The molecule has 1 aliphatic rings. The van der Waals surface area contributed by atoms with Gasteiger partial charge in [-0.3, -0.25) is 14.6 Å². The van der Waals surface area contributed by atoms with Crippen LogP contribution < -0.4 is 11.1 Å². The Bertz CT molecular complexity index is 776. The molecule has 1 aromatic heterocycles. The lowest BCUT2D eigenvalue weighted by molar-refractivity contribution is 0.102. The number of fused-ring (bicyclic) bond motifs is 1. The van der Waals surface area contributed by atoms with Crippen LogP contribution in [-0.4, -0.2) is 23.2 Å². The molecular weight excluding hydrogens is 314 g/mol. The van der Waals surface area contributed by atoms with Gasteiger partial charge in [0.1, 0.15) is 0 Å². The molecular formula is C17H16ClN3O2. The maximum atomic E-state index is 12.3. The number of aromatic nitrogens is 1. The fraction of sp³-hybridized carbons (Fsp3) is 0.235. The fourth-order valence-electron chi connectivity index (χ4n) is 2.88. The highest BCUT2D eigenvalue weighted by molar-refractivity contribution is 6.30. The van der Waals surface area contributed by atoms with Gasteiger partial charge in [0.25, 0.3) is 5.91 Å². The van der Waals surface area contributed by atoms with Crippen LogP contribution in [0.2, 0.25) is 5.02 Å². The first-order chi connectivity index (χ1) is 11.1. The Labute approximate surface area is 138 Å². The summed E-state index contributed by atoms with van der Waals surface area (Å²) in [5, 5.41) is 3.15. The number of nitrogens with two attached hydrogens (primary N) is 1. The highest BCUT2D eigenvalue weighted by atomic mass is 35.5. The number of hydrogen-bond acceptors (Lipinski definition) is 4. The van der Waals surface area contributed by atoms with E-state index in [0.29, 0.717) is 21.8 Å². The molecule has 1 aliphatic carbocycles. The van der Waals surface area contributed by atoms with E-state index in [1.165, 1.54) is 18.5 Å². The summed E-state index contributed by atoms with van der Waals surface area (Å²) in [6.07, 6.45) is 6.01. The fourth-order valence-corrected chi connectivity index (χ4v) is 3.06. The average molecular weight is 330 g/mol. The zero-order valence-corrected chi connectivity index (χ0v) is 13.1. The lowest BCUT2D eigenvalue weighted by Gasteiger charge is -2.24. The molecule has 2 aromatic rings. The number of carbonyl (C=O) groups is 2. The molecule has 1 aromatic carbocycles. The quantitative estimate of drug-likeness (QED) is 0.848. The monoisotopic (exact) mass is 329 g/mol. The van der Waals surface area contributed by atoms with Gasteiger partial charge in [-0.05, 0) is 42.5 Å². The SMILES string of the molecule is N[C@H]1CCc2c(ccc(NC(=O)c3cncc(Cl)c3)c2C=O)C1. The Morgan fingerprint density at radius 2 is 2.22 bits per heavy atom. The molecule has 0 unspecified atom stereocenters. The van der Waals surface area contributed by atoms with Gasteiger partial charge in [-0.2, -0.15) is 0 Å². The van der Waals surface area contributed by atoms with E-state index in [0.717, 1.165) is 36.7 Å². The molecule has 0 bridgehead atoms. The van der Waals surface area contributed by atoms with E-state index in [2.05, 4.69) is 10.3 Å². The summed E-state index contributed by atoms with van der Waals surface area (Å²) in [6.45, 7) is 0. The Kier molecular flexibility index (Phi) is 4.41. The lowest BCUT2D eigenvalue weighted by atomic mass is 9.85. The van der Waals surface area contributed by atoms with E-state index < -0.39 is 0 Å². The van der Waals surface area contributed by atoms with Crippen molar-refractivity contribution in [3.05, 3.63) is 57.9 Å². The van der Waals surface area contributed by atoms with Crippen LogP contribution in [0.1, 0.15) is 38.3 Å². The summed E-state index contributed by atoms with van der Waals surface area (Å²) < 4.78 is 0. The van der Waals surface area contributed by atoms with E-state index in [4.69, 9.17) is 17.3 Å². The molecule has 0 saturated carbocycles. The summed E-state index contributed by atoms with van der Waals surface area (Å²) in [4.78, 5) is 27.7. The number of anilines is 1. The van der Waals surface area contributed by atoms with E-state index in [1.807, 2.05) is 6.07 Å².